The average Bonchev–Trinajstić information content (AvgIpc) is 3.93. The van der Waals surface area contributed by atoms with Gasteiger partial charge in [0.25, 0.3) is 0 Å². The van der Waals surface area contributed by atoms with E-state index >= 15 is 0 Å². The average molecular weight is 726 g/mol. The van der Waals surface area contributed by atoms with Gasteiger partial charge in [0, 0.05) is 62.2 Å². The molecule has 2 amide bonds. The maximum absolute atomic E-state index is 14.7. The number of halogens is 1. The Morgan fingerprint density at radius 3 is 2.66 bits per heavy atom. The van der Waals surface area contributed by atoms with Gasteiger partial charge in [-0.1, -0.05) is 12.1 Å². The highest BCUT2D eigenvalue weighted by Crippen LogP contribution is 2.30. The largest absolute Gasteiger partial charge is 0.475 e. The van der Waals surface area contributed by atoms with E-state index in [0.717, 1.165) is 58.5 Å². The van der Waals surface area contributed by atoms with Crippen molar-refractivity contribution in [3.8, 4) is 28.5 Å². The normalized spacial score (nSPS) is 16.0. The third kappa shape index (κ3) is 9.30. The summed E-state index contributed by atoms with van der Waals surface area (Å²) in [5.41, 5.74) is 5.46. The molecule has 7 rings (SSSR count). The van der Waals surface area contributed by atoms with Crippen molar-refractivity contribution in [2.24, 2.45) is 0 Å². The number of aliphatic hydroxyl groups excluding tert-OH is 1. The van der Waals surface area contributed by atoms with Crippen LogP contribution in [0, 0.1) is 5.82 Å². The summed E-state index contributed by atoms with van der Waals surface area (Å²) in [7, 11) is 1.71. The molecule has 2 aliphatic rings. The van der Waals surface area contributed by atoms with E-state index in [0.29, 0.717) is 56.3 Å². The fourth-order valence-electron chi connectivity index (χ4n) is 6.33. The van der Waals surface area contributed by atoms with Crippen molar-refractivity contribution in [2.45, 2.75) is 45.4 Å². The Hall–Kier alpha value is -5.51. The zero-order valence-electron chi connectivity index (χ0n) is 30.0. The Morgan fingerprint density at radius 2 is 1.98 bits per heavy atom. The zero-order chi connectivity index (χ0) is 37.3. The highest BCUT2D eigenvalue weighted by molar-refractivity contribution is 5.95. The Morgan fingerprint density at radius 1 is 1.13 bits per heavy atom. The van der Waals surface area contributed by atoms with Crippen molar-refractivity contribution >= 4 is 34.5 Å². The molecule has 14 nitrogen and oxygen atoms in total. The first-order chi connectivity index (χ1) is 25.7. The fraction of sp³-hybridized carbons (Fsp3) is 0.368. The van der Waals surface area contributed by atoms with Crippen LogP contribution in [0.2, 0.25) is 0 Å². The summed E-state index contributed by atoms with van der Waals surface area (Å²) in [5, 5.41) is 24.0. The number of rotatable bonds is 12. The molecule has 53 heavy (non-hydrogen) atoms. The number of carbonyl (C=O) groups is 2. The Bertz CT molecular complexity index is 2050. The number of nitrogens with one attached hydrogen (secondary N) is 2. The summed E-state index contributed by atoms with van der Waals surface area (Å²) in [4.78, 5) is 35.6. The second-order valence-corrected chi connectivity index (χ2v) is 13.1. The molecule has 15 heteroatoms. The molecule has 2 aliphatic heterocycles. The molecule has 3 N–H and O–H groups in total. The maximum atomic E-state index is 14.7. The van der Waals surface area contributed by atoms with Crippen molar-refractivity contribution < 1.29 is 28.6 Å². The van der Waals surface area contributed by atoms with Crippen LogP contribution >= 0.6 is 0 Å². The minimum absolute atomic E-state index is 0.0520. The maximum Gasteiger partial charge on any atom is 0.237 e. The first-order valence-corrected chi connectivity index (χ1v) is 17.6. The fourth-order valence-corrected chi connectivity index (χ4v) is 6.33. The number of carbonyl (C=O) groups excluding carboxylic acids is 2. The van der Waals surface area contributed by atoms with E-state index in [4.69, 9.17) is 14.6 Å². The zero-order valence-corrected chi connectivity index (χ0v) is 30.0. The molecule has 0 radical (unpaired) electrons. The lowest BCUT2D eigenvalue weighted by molar-refractivity contribution is -0.131. The highest BCUT2D eigenvalue weighted by atomic mass is 19.1. The quantitative estimate of drug-likeness (QED) is 0.157. The molecule has 1 fully saturated rings. The number of fused-ring (bicyclic) bond motifs is 1. The van der Waals surface area contributed by atoms with Gasteiger partial charge in [0.05, 0.1) is 43.0 Å². The number of aromatic amines is 1. The molecule has 0 aliphatic carbocycles. The summed E-state index contributed by atoms with van der Waals surface area (Å²) in [6, 6.07) is 14.4. The van der Waals surface area contributed by atoms with Crippen LogP contribution < -0.4 is 10.1 Å². The number of hydrogen-bond acceptors (Lipinski definition) is 10. The number of H-pyrrole nitrogens is 1. The number of anilines is 1. The number of benzene rings is 2. The summed E-state index contributed by atoms with van der Waals surface area (Å²) in [6.07, 6.45) is 7.82. The second-order valence-electron chi connectivity index (χ2n) is 13.1. The molecule has 1 saturated heterocycles. The number of amides is 2. The molecule has 1 atom stereocenters. The number of hydrogen-bond donors (Lipinski definition) is 3. The minimum atomic E-state index is -0.389. The van der Waals surface area contributed by atoms with Crippen molar-refractivity contribution in [1.82, 2.24) is 39.7 Å². The number of aromatic nitrogens is 6. The van der Waals surface area contributed by atoms with Crippen LogP contribution in [0.5, 0.6) is 5.88 Å². The first-order valence-electron chi connectivity index (χ1n) is 17.6. The third-order valence-corrected chi connectivity index (χ3v) is 9.08. The van der Waals surface area contributed by atoms with Gasteiger partial charge >= 0.3 is 0 Å². The monoisotopic (exact) mass is 725 g/mol. The lowest BCUT2D eigenvalue weighted by Gasteiger charge is -2.28. The topological polar surface area (TPSA) is 164 Å². The van der Waals surface area contributed by atoms with Gasteiger partial charge in [0.1, 0.15) is 17.8 Å². The Balaban J connectivity index is 0.000000192. The van der Waals surface area contributed by atoms with E-state index in [1.165, 1.54) is 17.1 Å². The van der Waals surface area contributed by atoms with Crippen molar-refractivity contribution in [3.05, 3.63) is 78.5 Å². The first kappa shape index (κ1) is 37.3. The predicted octanol–water partition coefficient (Wildman–Crippen LogP) is 4.39. The van der Waals surface area contributed by atoms with Crippen LogP contribution in [-0.4, -0.2) is 116 Å². The van der Waals surface area contributed by atoms with Crippen LogP contribution in [-0.2, 0) is 20.9 Å². The second kappa shape index (κ2) is 17.3. The molecule has 0 spiro atoms. The van der Waals surface area contributed by atoms with Gasteiger partial charge in [-0.3, -0.25) is 24.3 Å². The summed E-state index contributed by atoms with van der Waals surface area (Å²) in [5.74, 6) is 0.616. The lowest BCUT2D eigenvalue weighted by Crippen LogP contribution is -2.41. The molecule has 278 valence electrons. The van der Waals surface area contributed by atoms with E-state index < -0.39 is 0 Å². The summed E-state index contributed by atoms with van der Waals surface area (Å²) in [6.45, 7) is 7.45. The van der Waals surface area contributed by atoms with Crippen molar-refractivity contribution in [3.63, 3.8) is 0 Å². The number of ether oxygens (including phenoxy) is 2. The van der Waals surface area contributed by atoms with Crippen LogP contribution in [0.15, 0.2) is 67.1 Å². The molecule has 5 aromatic rings. The van der Waals surface area contributed by atoms with Crippen LogP contribution in [0.1, 0.15) is 32.3 Å². The van der Waals surface area contributed by atoms with Crippen LogP contribution in [0.4, 0.5) is 10.1 Å². The standard InChI is InChI=1S/C22H28FN5O3.C16H16N4O2/c1-31-18-6-7-26(13-18)14-21(30)27-8-4-16(5-9-27)17-2-3-19(20(23)12-17)22-24-15-28(25-22)10-11-29;1-10(2)22-15-6-3-11(8-17-15)16-13-7-12(18-9-21)4-5-14(13)19-20-16/h2-4,12,15,18,29H,5-11,13-14H2,1H3;3-10H,1-2H3,(H,18,21)(H,19,20)/t18-;/m0./s1. The van der Waals surface area contributed by atoms with Gasteiger partial charge in [0.15, 0.2) is 5.82 Å². The minimum Gasteiger partial charge on any atom is -0.475 e. The van der Waals surface area contributed by atoms with Gasteiger partial charge in [-0.15, -0.1) is 0 Å². The van der Waals surface area contributed by atoms with E-state index in [9.17, 15) is 14.0 Å². The van der Waals surface area contributed by atoms with Gasteiger partial charge < -0.3 is 24.8 Å². The predicted molar refractivity (Wildman–Crippen MR) is 198 cm³/mol. The molecule has 0 saturated carbocycles. The van der Waals surface area contributed by atoms with Crippen molar-refractivity contribution in [1.29, 1.82) is 0 Å². The molecular weight excluding hydrogens is 681 g/mol. The lowest BCUT2D eigenvalue weighted by atomic mass is 9.98. The van der Waals surface area contributed by atoms with Crippen molar-refractivity contribution in [2.75, 3.05) is 51.8 Å². The number of aliphatic hydroxyl groups is 1. The van der Waals surface area contributed by atoms with Crippen LogP contribution in [0.3, 0.4) is 0 Å². The van der Waals surface area contributed by atoms with Gasteiger partial charge in [-0.25, -0.2) is 14.4 Å². The van der Waals surface area contributed by atoms with E-state index in [1.807, 2.05) is 61.2 Å². The number of nitrogens with zero attached hydrogens (tertiary/aromatic N) is 7. The molecule has 5 heterocycles. The molecule has 2 aromatic carbocycles. The number of pyridine rings is 1. The Kier molecular flexibility index (Phi) is 12.2. The molecule has 3 aromatic heterocycles. The number of likely N-dealkylation sites (tertiary alicyclic amines) is 1. The molecular formula is C38H44FN9O5. The highest BCUT2D eigenvalue weighted by Gasteiger charge is 2.26. The van der Waals surface area contributed by atoms with Gasteiger partial charge in [0.2, 0.25) is 18.2 Å². The van der Waals surface area contributed by atoms with Crippen LogP contribution in [0.25, 0.3) is 39.1 Å². The van der Waals surface area contributed by atoms with Gasteiger partial charge in [-0.2, -0.15) is 10.2 Å². The smallest absolute Gasteiger partial charge is 0.237 e. The third-order valence-electron chi connectivity index (χ3n) is 9.08. The van der Waals surface area contributed by atoms with E-state index in [2.05, 4.69) is 35.5 Å². The van der Waals surface area contributed by atoms with Gasteiger partial charge in [-0.05, 0) is 74.2 Å². The summed E-state index contributed by atoms with van der Waals surface area (Å²) >= 11 is 0. The number of methoxy groups -OCH3 is 1. The SMILES string of the molecule is CC(C)Oc1ccc(-c2n[nH]c3ccc(NC=O)cc23)cn1.CO[C@H]1CCN(CC(=O)N2CC=C(c3ccc(-c4ncn(CCO)n4)c(F)c3)CC2)C1. The molecule has 0 bridgehead atoms. The Labute approximate surface area is 306 Å². The van der Waals surface area contributed by atoms with E-state index in [1.54, 1.807) is 19.4 Å². The summed E-state index contributed by atoms with van der Waals surface area (Å²) < 4.78 is 27.1. The van der Waals surface area contributed by atoms with E-state index in [-0.39, 0.29) is 30.5 Å². The molecule has 0 unspecified atom stereocenters.